The maximum atomic E-state index is 12.5. The molecule has 1 aromatic carbocycles. The molecule has 3 rings (SSSR count). The summed E-state index contributed by atoms with van der Waals surface area (Å²) in [7, 11) is -1.78. The number of aryl methyl sites for hydroxylation is 2. The second-order valence-corrected chi connectivity index (χ2v) is 8.27. The van der Waals surface area contributed by atoms with Crippen molar-refractivity contribution in [2.75, 3.05) is 5.32 Å². The Labute approximate surface area is 157 Å². The van der Waals surface area contributed by atoms with Gasteiger partial charge in [-0.15, -0.1) is 0 Å². The zero-order chi connectivity index (χ0) is 19.8. The maximum absolute atomic E-state index is 12.5. The summed E-state index contributed by atoms with van der Waals surface area (Å²) in [6, 6.07) is 7.38. The highest BCUT2D eigenvalue weighted by atomic mass is 32.2. The zero-order valence-corrected chi connectivity index (χ0v) is 16.3. The van der Waals surface area contributed by atoms with Crippen LogP contribution in [-0.2, 0) is 17.1 Å². The van der Waals surface area contributed by atoms with Crippen molar-refractivity contribution in [2.24, 2.45) is 7.05 Å². The Kier molecular flexibility index (Phi) is 4.99. The van der Waals surface area contributed by atoms with Gasteiger partial charge in [-0.1, -0.05) is 0 Å². The Hall–Kier alpha value is -2.78. The molecule has 8 nitrogen and oxygen atoms in total. The summed E-state index contributed by atoms with van der Waals surface area (Å²) in [5.74, 6) is -0.349. The Morgan fingerprint density at radius 1 is 1.19 bits per heavy atom. The van der Waals surface area contributed by atoms with Gasteiger partial charge in [0.25, 0.3) is 5.91 Å². The Morgan fingerprint density at radius 2 is 1.85 bits per heavy atom. The molecule has 0 spiro atoms. The first-order chi connectivity index (χ1) is 12.7. The predicted octanol–water partition coefficient (Wildman–Crippen LogP) is 2.22. The number of nitrogens with one attached hydrogen (secondary N) is 2. The van der Waals surface area contributed by atoms with Crippen LogP contribution in [0.2, 0.25) is 0 Å². The molecular weight excluding hydrogens is 366 g/mol. The topological polar surface area (TPSA) is 106 Å². The fraction of sp³-hybridized carbons (Fsp3) is 0.278. The Morgan fingerprint density at radius 3 is 2.48 bits per heavy atom. The van der Waals surface area contributed by atoms with Crippen LogP contribution < -0.4 is 10.0 Å². The largest absolute Gasteiger partial charge is 0.321 e. The van der Waals surface area contributed by atoms with Crippen molar-refractivity contribution >= 4 is 32.7 Å². The standard InChI is InChI=1S/C18H21N5O3S/c1-11(2)22-27(25,26)15-7-5-13(6-8-15)18(24)20-14-9-16-12(3)21-23(4)17(16)19-10-14/h5-11,22H,1-4H3,(H,20,24). The van der Waals surface area contributed by atoms with E-state index in [4.69, 9.17) is 0 Å². The van der Waals surface area contributed by atoms with Crippen molar-refractivity contribution in [2.45, 2.75) is 31.7 Å². The fourth-order valence-corrected chi connectivity index (χ4v) is 3.99. The van der Waals surface area contributed by atoms with E-state index in [0.717, 1.165) is 16.7 Å². The average molecular weight is 387 g/mol. The van der Waals surface area contributed by atoms with E-state index in [9.17, 15) is 13.2 Å². The second kappa shape index (κ2) is 7.09. The number of amides is 1. The van der Waals surface area contributed by atoms with Crippen molar-refractivity contribution in [3.05, 3.63) is 47.8 Å². The van der Waals surface area contributed by atoms with Gasteiger partial charge in [0.2, 0.25) is 10.0 Å². The first-order valence-electron chi connectivity index (χ1n) is 8.40. The van der Waals surface area contributed by atoms with E-state index < -0.39 is 10.0 Å². The van der Waals surface area contributed by atoms with Crippen LogP contribution in [0.5, 0.6) is 0 Å². The summed E-state index contributed by atoms with van der Waals surface area (Å²) in [5, 5.41) is 7.93. The van der Waals surface area contributed by atoms with Gasteiger partial charge in [-0.2, -0.15) is 5.10 Å². The molecule has 0 aliphatic heterocycles. The molecule has 0 fully saturated rings. The summed E-state index contributed by atoms with van der Waals surface area (Å²) in [5.41, 5.74) is 2.45. The lowest BCUT2D eigenvalue weighted by Gasteiger charge is -2.10. The first kappa shape index (κ1) is 19.0. The predicted molar refractivity (Wildman–Crippen MR) is 103 cm³/mol. The molecule has 0 saturated heterocycles. The fourth-order valence-electron chi connectivity index (χ4n) is 2.74. The van der Waals surface area contributed by atoms with Gasteiger partial charge < -0.3 is 5.32 Å². The quantitative estimate of drug-likeness (QED) is 0.698. The number of sulfonamides is 1. The Balaban J connectivity index is 1.79. The summed E-state index contributed by atoms with van der Waals surface area (Å²) in [6.45, 7) is 5.36. The molecule has 0 aliphatic carbocycles. The Bertz CT molecular complexity index is 1100. The third-order valence-electron chi connectivity index (χ3n) is 3.94. The zero-order valence-electron chi connectivity index (χ0n) is 15.5. The number of rotatable bonds is 5. The molecule has 0 unspecified atom stereocenters. The van der Waals surface area contributed by atoms with E-state index >= 15 is 0 Å². The van der Waals surface area contributed by atoms with Gasteiger partial charge in [0, 0.05) is 24.0 Å². The highest BCUT2D eigenvalue weighted by Crippen LogP contribution is 2.20. The van der Waals surface area contributed by atoms with Gasteiger partial charge in [-0.05, 0) is 51.1 Å². The minimum absolute atomic E-state index is 0.113. The molecule has 2 aromatic heterocycles. The number of nitrogens with zero attached hydrogens (tertiary/aromatic N) is 3. The lowest BCUT2D eigenvalue weighted by molar-refractivity contribution is 0.102. The highest BCUT2D eigenvalue weighted by Gasteiger charge is 2.16. The molecule has 0 bridgehead atoms. The number of pyridine rings is 1. The number of hydrogen-bond acceptors (Lipinski definition) is 5. The molecule has 2 N–H and O–H groups in total. The van der Waals surface area contributed by atoms with Crippen molar-refractivity contribution in [1.82, 2.24) is 19.5 Å². The molecule has 0 saturated carbocycles. The van der Waals surface area contributed by atoms with Crippen molar-refractivity contribution in [1.29, 1.82) is 0 Å². The minimum atomic E-state index is -3.59. The van der Waals surface area contributed by atoms with Crippen LogP contribution in [0.25, 0.3) is 11.0 Å². The molecule has 2 heterocycles. The third-order valence-corrected chi connectivity index (χ3v) is 5.61. The van der Waals surface area contributed by atoms with E-state index in [1.54, 1.807) is 24.7 Å². The van der Waals surface area contributed by atoms with Gasteiger partial charge in [0.05, 0.1) is 22.5 Å². The highest BCUT2D eigenvalue weighted by molar-refractivity contribution is 7.89. The van der Waals surface area contributed by atoms with Crippen LogP contribution in [-0.4, -0.2) is 35.1 Å². The second-order valence-electron chi connectivity index (χ2n) is 6.56. The SMILES string of the molecule is Cc1nn(C)c2ncc(NC(=O)c3ccc(S(=O)(=O)NC(C)C)cc3)cc12. The summed E-state index contributed by atoms with van der Waals surface area (Å²) < 4.78 is 28.5. The number of fused-ring (bicyclic) bond motifs is 1. The van der Waals surface area contributed by atoms with E-state index in [2.05, 4.69) is 20.1 Å². The van der Waals surface area contributed by atoms with Crippen LogP contribution in [0, 0.1) is 6.92 Å². The maximum Gasteiger partial charge on any atom is 0.255 e. The smallest absolute Gasteiger partial charge is 0.255 e. The van der Waals surface area contributed by atoms with Crippen molar-refractivity contribution < 1.29 is 13.2 Å². The molecule has 0 radical (unpaired) electrons. The number of anilines is 1. The number of benzene rings is 1. The van der Waals surface area contributed by atoms with Crippen LogP contribution in [0.3, 0.4) is 0 Å². The van der Waals surface area contributed by atoms with Gasteiger partial charge in [0.15, 0.2) is 5.65 Å². The first-order valence-corrected chi connectivity index (χ1v) is 9.89. The molecule has 142 valence electrons. The third kappa shape index (κ3) is 3.99. The van der Waals surface area contributed by atoms with Gasteiger partial charge in [0.1, 0.15) is 0 Å². The minimum Gasteiger partial charge on any atom is -0.321 e. The summed E-state index contributed by atoms with van der Waals surface area (Å²) >= 11 is 0. The van der Waals surface area contributed by atoms with Crippen LogP contribution in [0.15, 0.2) is 41.4 Å². The molecule has 27 heavy (non-hydrogen) atoms. The number of hydrogen-bond donors (Lipinski definition) is 2. The van der Waals surface area contributed by atoms with E-state index in [0.29, 0.717) is 11.3 Å². The molecular formula is C18H21N5O3S. The van der Waals surface area contributed by atoms with Crippen LogP contribution in [0.1, 0.15) is 29.9 Å². The lowest BCUT2D eigenvalue weighted by Crippen LogP contribution is -2.30. The summed E-state index contributed by atoms with van der Waals surface area (Å²) in [4.78, 5) is 16.9. The van der Waals surface area contributed by atoms with Crippen LogP contribution in [0.4, 0.5) is 5.69 Å². The molecule has 0 aliphatic rings. The number of carbonyl (C=O) groups excluding carboxylic acids is 1. The van der Waals surface area contributed by atoms with Gasteiger partial charge in [-0.3, -0.25) is 9.48 Å². The normalized spacial score (nSPS) is 11.9. The molecule has 0 atom stereocenters. The molecule has 1 amide bonds. The lowest BCUT2D eigenvalue weighted by atomic mass is 10.2. The number of carbonyl (C=O) groups is 1. The van der Waals surface area contributed by atoms with Gasteiger partial charge in [-0.25, -0.2) is 18.1 Å². The van der Waals surface area contributed by atoms with Crippen molar-refractivity contribution in [3.63, 3.8) is 0 Å². The monoisotopic (exact) mass is 387 g/mol. The average Bonchev–Trinajstić information content (AvgIpc) is 2.88. The van der Waals surface area contributed by atoms with Crippen LogP contribution >= 0.6 is 0 Å². The molecule has 3 aromatic rings. The van der Waals surface area contributed by atoms with E-state index in [1.807, 2.05) is 20.0 Å². The van der Waals surface area contributed by atoms with Gasteiger partial charge >= 0.3 is 0 Å². The molecule has 9 heteroatoms. The number of aromatic nitrogens is 3. The van der Waals surface area contributed by atoms with E-state index in [1.165, 1.54) is 24.3 Å². The van der Waals surface area contributed by atoms with Crippen molar-refractivity contribution in [3.8, 4) is 0 Å². The summed E-state index contributed by atoms with van der Waals surface area (Å²) in [6.07, 6.45) is 1.56. The van der Waals surface area contributed by atoms with E-state index in [-0.39, 0.29) is 16.8 Å².